The van der Waals surface area contributed by atoms with Crippen molar-refractivity contribution in [3.8, 4) is 0 Å². The standard InChI is InChI=1S/C16H14ClF3N6O2/c1-8(28-2)14-10(7-22-13-6-12(17)25-26(13)14)24-15(27)23-9-3-4-21-11(5-9)16(18,19)20/h3-8H,1-2H3,(H2,21,23,24,27)/t8-/m1/s1. The summed E-state index contributed by atoms with van der Waals surface area (Å²) in [5, 5.41) is 9.17. The molecular weight excluding hydrogens is 401 g/mol. The van der Waals surface area contributed by atoms with Crippen molar-refractivity contribution in [2.45, 2.75) is 19.2 Å². The summed E-state index contributed by atoms with van der Waals surface area (Å²) in [6, 6.07) is 2.73. The van der Waals surface area contributed by atoms with Crippen molar-refractivity contribution in [1.82, 2.24) is 19.6 Å². The number of nitrogens with zero attached hydrogens (tertiary/aromatic N) is 4. The van der Waals surface area contributed by atoms with Crippen LogP contribution in [0.2, 0.25) is 5.15 Å². The minimum Gasteiger partial charge on any atom is -0.375 e. The van der Waals surface area contributed by atoms with E-state index in [1.165, 1.54) is 30.0 Å². The van der Waals surface area contributed by atoms with E-state index in [9.17, 15) is 18.0 Å². The molecule has 0 aliphatic rings. The topological polar surface area (TPSA) is 93.4 Å². The lowest BCUT2D eigenvalue weighted by atomic mass is 10.2. The molecule has 0 unspecified atom stereocenters. The van der Waals surface area contributed by atoms with Crippen LogP contribution in [0.5, 0.6) is 0 Å². The fraction of sp³-hybridized carbons (Fsp3) is 0.250. The lowest BCUT2D eigenvalue weighted by Gasteiger charge is -2.17. The highest BCUT2D eigenvalue weighted by molar-refractivity contribution is 6.29. The van der Waals surface area contributed by atoms with Crippen molar-refractivity contribution in [2.75, 3.05) is 17.7 Å². The second-order valence-corrected chi connectivity index (χ2v) is 6.07. The number of aromatic nitrogens is 4. The molecule has 0 spiro atoms. The maximum absolute atomic E-state index is 12.7. The average molecular weight is 415 g/mol. The van der Waals surface area contributed by atoms with Gasteiger partial charge in [0.05, 0.1) is 23.7 Å². The monoisotopic (exact) mass is 414 g/mol. The Kier molecular flexibility index (Phi) is 5.38. The number of hydrogen-bond acceptors (Lipinski definition) is 5. The van der Waals surface area contributed by atoms with Gasteiger partial charge in [-0.3, -0.25) is 4.98 Å². The molecule has 0 fully saturated rings. The van der Waals surface area contributed by atoms with Gasteiger partial charge in [-0.25, -0.2) is 14.3 Å². The lowest BCUT2D eigenvalue weighted by molar-refractivity contribution is -0.141. The molecule has 0 aliphatic carbocycles. The predicted molar refractivity (Wildman–Crippen MR) is 95.3 cm³/mol. The molecule has 3 aromatic heterocycles. The van der Waals surface area contributed by atoms with Crippen molar-refractivity contribution in [3.05, 3.63) is 47.1 Å². The van der Waals surface area contributed by atoms with Gasteiger partial charge in [-0.05, 0) is 19.1 Å². The number of ether oxygens (including phenoxy) is 1. The van der Waals surface area contributed by atoms with Crippen LogP contribution in [0.1, 0.15) is 24.4 Å². The summed E-state index contributed by atoms with van der Waals surface area (Å²) in [6.45, 7) is 1.73. The second-order valence-electron chi connectivity index (χ2n) is 5.68. The predicted octanol–water partition coefficient (Wildman–Crippen LogP) is 4.15. The Balaban J connectivity index is 1.87. The Bertz CT molecular complexity index is 1020. The van der Waals surface area contributed by atoms with Crippen molar-refractivity contribution >= 4 is 34.7 Å². The molecule has 2 N–H and O–H groups in total. The van der Waals surface area contributed by atoms with E-state index in [0.717, 1.165) is 12.3 Å². The fourth-order valence-corrected chi connectivity index (χ4v) is 2.64. The van der Waals surface area contributed by atoms with Crippen molar-refractivity contribution in [1.29, 1.82) is 0 Å². The van der Waals surface area contributed by atoms with Gasteiger partial charge in [0, 0.05) is 25.1 Å². The number of carbonyl (C=O) groups is 1. The van der Waals surface area contributed by atoms with Gasteiger partial charge in [0.1, 0.15) is 5.69 Å². The molecule has 0 bridgehead atoms. The number of halogens is 4. The lowest BCUT2D eigenvalue weighted by Crippen LogP contribution is -2.22. The Morgan fingerprint density at radius 2 is 2.04 bits per heavy atom. The van der Waals surface area contributed by atoms with Gasteiger partial charge in [-0.15, -0.1) is 0 Å². The van der Waals surface area contributed by atoms with E-state index in [1.807, 2.05) is 0 Å². The first-order valence-corrected chi connectivity index (χ1v) is 8.25. The van der Waals surface area contributed by atoms with Gasteiger partial charge >= 0.3 is 12.2 Å². The number of urea groups is 1. The highest BCUT2D eigenvalue weighted by atomic mass is 35.5. The minimum atomic E-state index is -4.62. The maximum atomic E-state index is 12.7. The van der Waals surface area contributed by atoms with Crippen molar-refractivity contribution in [3.63, 3.8) is 0 Å². The first-order chi connectivity index (χ1) is 13.2. The number of fused-ring (bicyclic) bond motifs is 1. The van der Waals surface area contributed by atoms with Crippen LogP contribution < -0.4 is 10.6 Å². The zero-order valence-corrected chi connectivity index (χ0v) is 15.3. The number of pyridine rings is 1. The summed E-state index contributed by atoms with van der Waals surface area (Å²) in [5.74, 6) is 0. The molecule has 0 saturated heterocycles. The van der Waals surface area contributed by atoms with Gasteiger partial charge in [-0.1, -0.05) is 11.6 Å². The Morgan fingerprint density at radius 3 is 2.71 bits per heavy atom. The Morgan fingerprint density at radius 1 is 1.29 bits per heavy atom. The van der Waals surface area contributed by atoms with E-state index in [-0.39, 0.29) is 16.5 Å². The second kappa shape index (κ2) is 7.60. The van der Waals surface area contributed by atoms with Crippen LogP contribution in [-0.4, -0.2) is 32.7 Å². The molecule has 0 aliphatic heterocycles. The van der Waals surface area contributed by atoms with Gasteiger partial charge in [0.25, 0.3) is 0 Å². The highest BCUT2D eigenvalue weighted by Crippen LogP contribution is 2.29. The number of rotatable bonds is 4. The molecule has 8 nitrogen and oxygen atoms in total. The van der Waals surface area contributed by atoms with Gasteiger partial charge in [0.2, 0.25) is 0 Å². The van der Waals surface area contributed by atoms with Crippen LogP contribution in [0.4, 0.5) is 29.3 Å². The third-order valence-electron chi connectivity index (χ3n) is 3.79. The number of amides is 2. The van der Waals surface area contributed by atoms with E-state index >= 15 is 0 Å². The average Bonchev–Trinajstić information content (AvgIpc) is 3.00. The number of hydrogen-bond donors (Lipinski definition) is 2. The van der Waals surface area contributed by atoms with Crippen LogP contribution in [0.3, 0.4) is 0 Å². The summed E-state index contributed by atoms with van der Waals surface area (Å²) >= 11 is 5.91. The van der Waals surface area contributed by atoms with Gasteiger partial charge in [0.15, 0.2) is 10.8 Å². The maximum Gasteiger partial charge on any atom is 0.433 e. The number of alkyl halides is 3. The molecule has 148 valence electrons. The normalized spacial score (nSPS) is 12.8. The third-order valence-corrected chi connectivity index (χ3v) is 3.97. The van der Waals surface area contributed by atoms with Gasteiger partial charge < -0.3 is 15.4 Å². The SMILES string of the molecule is CO[C@H](C)c1c(NC(=O)Nc2ccnc(C(F)(F)F)c2)cnc2cc(Cl)nn12. The Labute approximate surface area is 161 Å². The van der Waals surface area contributed by atoms with Crippen molar-refractivity contribution in [2.24, 2.45) is 0 Å². The molecule has 12 heteroatoms. The zero-order valence-electron chi connectivity index (χ0n) is 14.6. The first-order valence-electron chi connectivity index (χ1n) is 7.87. The number of anilines is 2. The van der Waals surface area contributed by atoms with E-state index in [2.05, 4.69) is 25.7 Å². The molecule has 1 atom stereocenters. The minimum absolute atomic E-state index is 0.0719. The zero-order chi connectivity index (χ0) is 20.5. The fourth-order valence-electron chi connectivity index (χ4n) is 2.47. The smallest absolute Gasteiger partial charge is 0.375 e. The van der Waals surface area contributed by atoms with E-state index in [1.54, 1.807) is 6.92 Å². The molecule has 28 heavy (non-hydrogen) atoms. The summed E-state index contributed by atoms with van der Waals surface area (Å²) in [5.41, 5.74) is -0.0334. The van der Waals surface area contributed by atoms with E-state index in [4.69, 9.17) is 16.3 Å². The number of nitrogens with one attached hydrogen (secondary N) is 2. The molecule has 3 rings (SSSR count). The van der Waals surface area contributed by atoms with Crippen molar-refractivity contribution < 1.29 is 22.7 Å². The van der Waals surface area contributed by atoms with Crippen LogP contribution in [-0.2, 0) is 10.9 Å². The summed E-state index contributed by atoms with van der Waals surface area (Å²) < 4.78 is 45.0. The van der Waals surface area contributed by atoms with Crippen LogP contribution in [0.25, 0.3) is 5.65 Å². The van der Waals surface area contributed by atoms with E-state index in [0.29, 0.717) is 11.3 Å². The highest BCUT2D eigenvalue weighted by Gasteiger charge is 2.32. The molecule has 0 radical (unpaired) electrons. The number of carbonyl (C=O) groups excluding carboxylic acids is 1. The molecule has 2 amide bonds. The molecule has 3 aromatic rings. The molecular formula is C16H14ClF3N6O2. The first kappa shape index (κ1) is 19.8. The summed E-state index contributed by atoms with van der Waals surface area (Å²) in [7, 11) is 1.47. The summed E-state index contributed by atoms with van der Waals surface area (Å²) in [4.78, 5) is 19.7. The largest absolute Gasteiger partial charge is 0.433 e. The van der Waals surface area contributed by atoms with Crippen LogP contribution in [0, 0.1) is 0 Å². The van der Waals surface area contributed by atoms with E-state index < -0.39 is 24.0 Å². The third kappa shape index (κ3) is 4.15. The molecule has 0 saturated carbocycles. The van der Waals surface area contributed by atoms with Gasteiger partial charge in [-0.2, -0.15) is 18.3 Å². The van der Waals surface area contributed by atoms with Crippen LogP contribution >= 0.6 is 11.6 Å². The molecule has 3 heterocycles. The number of methoxy groups -OCH3 is 1. The molecule has 0 aromatic carbocycles. The summed E-state index contributed by atoms with van der Waals surface area (Å²) in [6.07, 6.45) is -2.78. The Hall–Kier alpha value is -2.92. The quantitative estimate of drug-likeness (QED) is 0.669. The van der Waals surface area contributed by atoms with Crippen LogP contribution in [0.15, 0.2) is 30.6 Å².